The summed E-state index contributed by atoms with van der Waals surface area (Å²) >= 11 is 0. The Hall–Kier alpha value is -2.70. The van der Waals surface area contributed by atoms with E-state index >= 15 is 0 Å². The average molecular weight is 302 g/mol. The Morgan fingerprint density at radius 1 is 1.36 bits per heavy atom. The van der Waals surface area contributed by atoms with Crippen molar-refractivity contribution in [1.82, 2.24) is 15.0 Å². The molecule has 0 bridgehead atoms. The number of hydrogen-bond acceptors (Lipinski definition) is 6. The van der Waals surface area contributed by atoms with Crippen molar-refractivity contribution in [1.29, 1.82) is 0 Å². The van der Waals surface area contributed by atoms with Gasteiger partial charge in [0.25, 0.3) is 5.90 Å². The zero-order valence-corrected chi connectivity index (χ0v) is 13.1. The summed E-state index contributed by atoms with van der Waals surface area (Å²) in [6.45, 7) is 9.72. The maximum absolute atomic E-state index is 12.0. The lowest BCUT2D eigenvalue weighted by molar-refractivity contribution is -0.129. The van der Waals surface area contributed by atoms with Crippen LogP contribution in [0.25, 0.3) is 5.76 Å². The van der Waals surface area contributed by atoms with Crippen LogP contribution >= 0.6 is 0 Å². The SMILES string of the molecule is C=C(OCC)c1nccnc1C1=NN(C)C(=O)C(=C(C)C)O1. The number of carbonyl (C=O) groups excluding carboxylic acids is 1. The van der Waals surface area contributed by atoms with Gasteiger partial charge in [-0.1, -0.05) is 6.58 Å². The summed E-state index contributed by atoms with van der Waals surface area (Å²) in [4.78, 5) is 20.5. The first-order valence-electron chi connectivity index (χ1n) is 6.81. The third kappa shape index (κ3) is 2.98. The lowest BCUT2D eigenvalue weighted by atomic mass is 10.2. The minimum absolute atomic E-state index is 0.183. The fourth-order valence-corrected chi connectivity index (χ4v) is 1.84. The van der Waals surface area contributed by atoms with Gasteiger partial charge in [-0.2, -0.15) is 0 Å². The lowest BCUT2D eigenvalue weighted by Crippen LogP contribution is -2.34. The highest BCUT2D eigenvalue weighted by molar-refractivity contribution is 6.04. The van der Waals surface area contributed by atoms with Crippen LogP contribution in [0.1, 0.15) is 32.2 Å². The fourth-order valence-electron chi connectivity index (χ4n) is 1.84. The van der Waals surface area contributed by atoms with Gasteiger partial charge < -0.3 is 9.47 Å². The van der Waals surface area contributed by atoms with E-state index < -0.39 is 0 Å². The molecular formula is C15H18N4O3. The van der Waals surface area contributed by atoms with E-state index in [-0.39, 0.29) is 17.6 Å². The highest BCUT2D eigenvalue weighted by Crippen LogP contribution is 2.22. The van der Waals surface area contributed by atoms with Crippen LogP contribution in [-0.4, -0.2) is 40.4 Å². The molecule has 1 aromatic heterocycles. The van der Waals surface area contributed by atoms with Crippen molar-refractivity contribution in [3.05, 3.63) is 41.7 Å². The summed E-state index contributed by atoms with van der Waals surface area (Å²) in [5, 5.41) is 5.33. The van der Waals surface area contributed by atoms with Crippen molar-refractivity contribution in [2.24, 2.45) is 5.10 Å². The van der Waals surface area contributed by atoms with Crippen molar-refractivity contribution in [2.45, 2.75) is 20.8 Å². The molecule has 1 aliphatic rings. The van der Waals surface area contributed by atoms with E-state index in [9.17, 15) is 4.79 Å². The topological polar surface area (TPSA) is 76.9 Å². The van der Waals surface area contributed by atoms with Crippen molar-refractivity contribution in [3.63, 3.8) is 0 Å². The number of aromatic nitrogens is 2. The average Bonchev–Trinajstić information content (AvgIpc) is 2.49. The minimum Gasteiger partial charge on any atom is -0.492 e. The second kappa shape index (κ2) is 6.38. The first kappa shape index (κ1) is 15.7. The maximum atomic E-state index is 12.0. The van der Waals surface area contributed by atoms with Gasteiger partial charge >= 0.3 is 5.91 Å². The third-order valence-electron chi connectivity index (χ3n) is 2.87. The molecule has 2 rings (SSSR count). The molecule has 0 saturated carbocycles. The Morgan fingerprint density at radius 2 is 2.05 bits per heavy atom. The minimum atomic E-state index is -0.308. The van der Waals surface area contributed by atoms with Gasteiger partial charge in [0.05, 0.1) is 6.61 Å². The predicted octanol–water partition coefficient (Wildman–Crippen LogP) is 1.93. The quantitative estimate of drug-likeness (QED) is 0.627. The highest BCUT2D eigenvalue weighted by atomic mass is 16.5. The Morgan fingerprint density at radius 3 is 2.68 bits per heavy atom. The number of hydrazone groups is 1. The molecule has 1 amide bonds. The van der Waals surface area contributed by atoms with E-state index in [4.69, 9.17) is 9.47 Å². The zero-order chi connectivity index (χ0) is 16.3. The van der Waals surface area contributed by atoms with Crippen LogP contribution in [0.15, 0.2) is 35.4 Å². The molecule has 0 spiro atoms. The van der Waals surface area contributed by atoms with Crippen LogP contribution in [0.2, 0.25) is 0 Å². The number of amides is 1. The van der Waals surface area contributed by atoms with Crippen molar-refractivity contribution in [2.75, 3.05) is 13.7 Å². The predicted molar refractivity (Wildman–Crippen MR) is 81.5 cm³/mol. The molecule has 0 N–H and O–H groups in total. The van der Waals surface area contributed by atoms with Gasteiger partial charge in [-0.15, -0.1) is 5.10 Å². The van der Waals surface area contributed by atoms with E-state index in [2.05, 4.69) is 21.6 Å². The molecule has 7 heteroatoms. The summed E-state index contributed by atoms with van der Waals surface area (Å²) in [6, 6.07) is 0. The highest BCUT2D eigenvalue weighted by Gasteiger charge is 2.29. The molecular weight excluding hydrogens is 284 g/mol. The Balaban J connectivity index is 2.49. The molecule has 0 saturated heterocycles. The molecule has 7 nitrogen and oxygen atoms in total. The zero-order valence-electron chi connectivity index (χ0n) is 13.1. The van der Waals surface area contributed by atoms with Crippen molar-refractivity contribution >= 4 is 17.6 Å². The number of ether oxygens (including phenoxy) is 2. The number of likely N-dealkylation sites (N-methyl/N-ethyl adjacent to an activating group) is 1. The summed E-state index contributed by atoms with van der Waals surface area (Å²) in [7, 11) is 1.56. The van der Waals surface area contributed by atoms with Gasteiger partial charge in [-0.05, 0) is 26.3 Å². The molecule has 0 aliphatic carbocycles. The van der Waals surface area contributed by atoms with Gasteiger partial charge in [0.1, 0.15) is 11.5 Å². The fraction of sp³-hybridized carbons (Fsp3) is 0.333. The van der Waals surface area contributed by atoms with E-state index in [1.165, 1.54) is 17.4 Å². The molecule has 116 valence electrons. The molecule has 0 aromatic carbocycles. The van der Waals surface area contributed by atoms with Gasteiger partial charge in [-0.25, -0.2) is 15.0 Å². The summed E-state index contributed by atoms with van der Waals surface area (Å²) in [6.07, 6.45) is 3.05. The smallest absolute Gasteiger partial charge is 0.309 e. The molecule has 0 atom stereocenters. The largest absolute Gasteiger partial charge is 0.492 e. The summed E-state index contributed by atoms with van der Waals surface area (Å²) in [5.41, 5.74) is 1.55. The van der Waals surface area contributed by atoms with E-state index in [1.54, 1.807) is 20.9 Å². The molecule has 1 aromatic rings. The second-order valence-electron chi connectivity index (χ2n) is 4.77. The van der Waals surface area contributed by atoms with E-state index in [0.717, 1.165) is 5.57 Å². The van der Waals surface area contributed by atoms with Crippen LogP contribution in [0.5, 0.6) is 0 Å². The van der Waals surface area contributed by atoms with E-state index in [0.29, 0.717) is 23.8 Å². The maximum Gasteiger partial charge on any atom is 0.309 e. The lowest BCUT2D eigenvalue weighted by Gasteiger charge is -2.23. The van der Waals surface area contributed by atoms with Gasteiger partial charge in [0.15, 0.2) is 11.5 Å². The molecule has 2 heterocycles. The van der Waals surface area contributed by atoms with Gasteiger partial charge in [0, 0.05) is 19.4 Å². The third-order valence-corrected chi connectivity index (χ3v) is 2.87. The molecule has 22 heavy (non-hydrogen) atoms. The van der Waals surface area contributed by atoms with Crippen LogP contribution in [0.3, 0.4) is 0 Å². The van der Waals surface area contributed by atoms with Gasteiger partial charge in [-0.3, -0.25) is 4.79 Å². The van der Waals surface area contributed by atoms with Crippen LogP contribution in [0.4, 0.5) is 0 Å². The van der Waals surface area contributed by atoms with Crippen LogP contribution in [-0.2, 0) is 14.3 Å². The Labute approximate surface area is 129 Å². The van der Waals surface area contributed by atoms with Crippen LogP contribution in [0, 0.1) is 0 Å². The number of rotatable bonds is 4. The second-order valence-corrected chi connectivity index (χ2v) is 4.77. The number of hydrogen-bond donors (Lipinski definition) is 0. The summed E-state index contributed by atoms with van der Waals surface area (Å²) in [5.74, 6) is 0.474. The van der Waals surface area contributed by atoms with E-state index in [1.807, 2.05) is 6.92 Å². The number of nitrogens with zero attached hydrogens (tertiary/aromatic N) is 4. The Kier molecular flexibility index (Phi) is 4.55. The molecule has 1 aliphatic heterocycles. The number of carbonyl (C=O) groups is 1. The Bertz CT molecular complexity index is 675. The molecule has 0 unspecified atom stereocenters. The van der Waals surface area contributed by atoms with Crippen molar-refractivity contribution < 1.29 is 14.3 Å². The van der Waals surface area contributed by atoms with Crippen LogP contribution < -0.4 is 0 Å². The first-order chi connectivity index (χ1) is 10.5. The summed E-state index contributed by atoms with van der Waals surface area (Å²) < 4.78 is 11.0. The van der Waals surface area contributed by atoms with Gasteiger partial charge in [0.2, 0.25) is 0 Å². The van der Waals surface area contributed by atoms with Crippen molar-refractivity contribution in [3.8, 4) is 0 Å². The monoisotopic (exact) mass is 302 g/mol. The number of allylic oxidation sites excluding steroid dienone is 1. The molecule has 0 radical (unpaired) electrons. The molecule has 0 fully saturated rings. The standard InChI is InChI=1S/C15H18N4O3/c1-6-21-10(4)11-12(17-8-7-16-11)14-18-19(5)15(20)13(22-14)9(2)3/h7-8H,4,6H2,1-3,5H3. The normalized spacial score (nSPS) is 14.4. The first-order valence-corrected chi connectivity index (χ1v) is 6.81.